The maximum Gasteiger partial charge on any atom is 0.232 e. The lowest BCUT2D eigenvalue weighted by Gasteiger charge is -2.20. The van der Waals surface area contributed by atoms with Crippen LogP contribution in [0.1, 0.15) is 29.5 Å². The topological polar surface area (TPSA) is 67.9 Å². The van der Waals surface area contributed by atoms with Crippen LogP contribution >= 0.6 is 11.8 Å². The highest BCUT2D eigenvalue weighted by Gasteiger charge is 2.14. The quantitative estimate of drug-likeness (QED) is 0.724. The lowest BCUT2D eigenvalue weighted by Crippen LogP contribution is -2.34. The highest BCUT2D eigenvalue weighted by molar-refractivity contribution is 8.00. The molecule has 22 heavy (non-hydrogen) atoms. The maximum atomic E-state index is 12.3. The molecule has 0 aliphatic heterocycles. The summed E-state index contributed by atoms with van der Waals surface area (Å²) in [6, 6.07) is 8.32. The second kappa shape index (κ2) is 9.12. The fourth-order valence-corrected chi connectivity index (χ4v) is 3.37. The number of nitrogens with zero attached hydrogens (tertiary/aromatic N) is 3. The van der Waals surface area contributed by atoms with Gasteiger partial charge in [0, 0.05) is 18.0 Å². The zero-order chi connectivity index (χ0) is 16.5. The first kappa shape index (κ1) is 18.1. The standard InChI is InChI=1S/C17H21N3OS/c1-13-10-14(2)17(15(3)11-13)22-12-16(21)20(8-4-6-18)9-5-7-19/h10-11H,4-5,8-9,12H2,1-3H3. The smallest absolute Gasteiger partial charge is 0.232 e. The van der Waals surface area contributed by atoms with Crippen molar-refractivity contribution in [1.29, 1.82) is 10.5 Å². The van der Waals surface area contributed by atoms with Crippen LogP contribution in [0.3, 0.4) is 0 Å². The second-order valence-electron chi connectivity index (χ2n) is 5.21. The lowest BCUT2D eigenvalue weighted by molar-refractivity contribution is -0.128. The van der Waals surface area contributed by atoms with E-state index in [1.807, 2.05) is 12.1 Å². The Morgan fingerprint density at radius 2 is 1.59 bits per heavy atom. The normalized spacial score (nSPS) is 9.86. The molecule has 0 aromatic heterocycles. The van der Waals surface area contributed by atoms with Crippen molar-refractivity contribution in [3.8, 4) is 12.1 Å². The minimum absolute atomic E-state index is 0.0186. The molecule has 0 unspecified atom stereocenters. The van der Waals surface area contributed by atoms with Crippen LogP contribution in [0.4, 0.5) is 0 Å². The zero-order valence-electron chi connectivity index (χ0n) is 13.3. The Morgan fingerprint density at radius 3 is 2.05 bits per heavy atom. The van der Waals surface area contributed by atoms with Crippen molar-refractivity contribution in [2.24, 2.45) is 0 Å². The van der Waals surface area contributed by atoms with E-state index in [9.17, 15) is 4.79 Å². The van der Waals surface area contributed by atoms with Gasteiger partial charge in [-0.2, -0.15) is 10.5 Å². The summed E-state index contributed by atoms with van der Waals surface area (Å²) in [5, 5.41) is 17.3. The summed E-state index contributed by atoms with van der Waals surface area (Å²) in [7, 11) is 0. The Morgan fingerprint density at radius 1 is 1.09 bits per heavy atom. The Labute approximate surface area is 136 Å². The molecule has 4 nitrogen and oxygen atoms in total. The molecule has 1 aromatic rings. The average molecular weight is 315 g/mol. The number of hydrogen-bond donors (Lipinski definition) is 0. The Hall–Kier alpha value is -1.98. The van der Waals surface area contributed by atoms with Crippen LogP contribution in [-0.2, 0) is 4.79 Å². The molecule has 5 heteroatoms. The Bertz CT molecular complexity index is 572. The van der Waals surface area contributed by atoms with E-state index in [4.69, 9.17) is 10.5 Å². The molecule has 1 rings (SSSR count). The predicted molar refractivity (Wildman–Crippen MR) is 88.4 cm³/mol. The van der Waals surface area contributed by atoms with Gasteiger partial charge in [-0.15, -0.1) is 11.8 Å². The number of carbonyl (C=O) groups excluding carboxylic acids is 1. The van der Waals surface area contributed by atoms with E-state index in [-0.39, 0.29) is 5.91 Å². The summed E-state index contributed by atoms with van der Waals surface area (Å²) >= 11 is 1.53. The Balaban J connectivity index is 2.70. The molecule has 0 saturated heterocycles. The average Bonchev–Trinajstić information content (AvgIpc) is 2.46. The second-order valence-corrected chi connectivity index (χ2v) is 6.20. The van der Waals surface area contributed by atoms with E-state index in [0.717, 1.165) is 4.90 Å². The van der Waals surface area contributed by atoms with Crippen LogP contribution in [-0.4, -0.2) is 29.6 Å². The third kappa shape index (κ3) is 5.42. The predicted octanol–water partition coefficient (Wildman–Crippen LogP) is 3.36. The summed E-state index contributed by atoms with van der Waals surface area (Å²) in [5.41, 5.74) is 3.57. The van der Waals surface area contributed by atoms with Crippen molar-refractivity contribution in [3.05, 3.63) is 28.8 Å². The van der Waals surface area contributed by atoms with Crippen LogP contribution in [0.5, 0.6) is 0 Å². The molecule has 1 amide bonds. The summed E-state index contributed by atoms with van der Waals surface area (Å²) in [6.07, 6.45) is 0.592. The van der Waals surface area contributed by atoms with Gasteiger partial charge in [0.1, 0.15) is 0 Å². The monoisotopic (exact) mass is 315 g/mol. The van der Waals surface area contributed by atoms with Crippen molar-refractivity contribution in [3.63, 3.8) is 0 Å². The number of aryl methyl sites for hydroxylation is 3. The largest absolute Gasteiger partial charge is 0.340 e. The fourth-order valence-electron chi connectivity index (χ4n) is 2.35. The molecule has 0 radical (unpaired) electrons. The molecule has 0 heterocycles. The van der Waals surface area contributed by atoms with Crippen molar-refractivity contribution in [2.45, 2.75) is 38.5 Å². The molecule has 116 valence electrons. The van der Waals surface area contributed by atoms with E-state index in [1.54, 1.807) is 4.90 Å². The van der Waals surface area contributed by atoms with Gasteiger partial charge in [-0.05, 0) is 31.9 Å². The van der Waals surface area contributed by atoms with Crippen LogP contribution in [0, 0.1) is 43.4 Å². The minimum atomic E-state index is -0.0186. The van der Waals surface area contributed by atoms with Gasteiger partial charge in [0.25, 0.3) is 0 Å². The van der Waals surface area contributed by atoms with E-state index < -0.39 is 0 Å². The summed E-state index contributed by atoms with van der Waals surface area (Å²) in [6.45, 7) is 6.95. The number of thioether (sulfide) groups is 1. The van der Waals surface area contributed by atoms with Crippen LogP contribution in [0.15, 0.2) is 17.0 Å². The molecule has 1 aromatic carbocycles. The number of hydrogen-bond acceptors (Lipinski definition) is 4. The first-order chi connectivity index (χ1) is 10.5. The molecule has 0 N–H and O–H groups in total. The molecule has 0 fully saturated rings. The van der Waals surface area contributed by atoms with E-state index in [2.05, 4.69) is 32.9 Å². The molecule has 0 atom stereocenters. The molecule has 0 bridgehead atoms. The van der Waals surface area contributed by atoms with Crippen LogP contribution < -0.4 is 0 Å². The molecular weight excluding hydrogens is 294 g/mol. The Kier molecular flexibility index (Phi) is 7.49. The SMILES string of the molecule is Cc1cc(C)c(SCC(=O)N(CCC#N)CCC#N)c(C)c1. The number of carbonyl (C=O) groups is 1. The first-order valence-corrected chi connectivity index (χ1v) is 8.20. The third-order valence-electron chi connectivity index (χ3n) is 3.28. The van der Waals surface area contributed by atoms with Gasteiger partial charge in [-0.3, -0.25) is 4.79 Å². The molecule has 0 aliphatic carbocycles. The van der Waals surface area contributed by atoms with Gasteiger partial charge >= 0.3 is 0 Å². The molecule has 0 spiro atoms. The third-order valence-corrected chi connectivity index (χ3v) is 4.61. The van der Waals surface area contributed by atoms with Gasteiger partial charge in [0.15, 0.2) is 0 Å². The summed E-state index contributed by atoms with van der Waals surface area (Å²) in [5.74, 6) is 0.316. The maximum absolute atomic E-state index is 12.3. The highest BCUT2D eigenvalue weighted by Crippen LogP contribution is 2.27. The zero-order valence-corrected chi connectivity index (χ0v) is 14.2. The van der Waals surface area contributed by atoms with E-state index in [1.165, 1.54) is 28.5 Å². The van der Waals surface area contributed by atoms with Crippen LogP contribution in [0.25, 0.3) is 0 Å². The number of rotatable bonds is 7. The van der Waals surface area contributed by atoms with E-state index in [0.29, 0.717) is 31.7 Å². The summed E-state index contributed by atoms with van der Waals surface area (Å²) in [4.78, 5) is 15.1. The number of benzene rings is 1. The lowest BCUT2D eigenvalue weighted by atomic mass is 10.1. The van der Waals surface area contributed by atoms with Crippen molar-refractivity contribution >= 4 is 17.7 Å². The molecule has 0 saturated carbocycles. The van der Waals surface area contributed by atoms with Crippen LogP contribution in [0.2, 0.25) is 0 Å². The van der Waals surface area contributed by atoms with Gasteiger partial charge in [-0.25, -0.2) is 0 Å². The van der Waals surface area contributed by atoms with Gasteiger partial charge in [0.2, 0.25) is 5.91 Å². The van der Waals surface area contributed by atoms with Gasteiger partial charge in [-0.1, -0.05) is 17.7 Å². The van der Waals surface area contributed by atoms with Gasteiger partial charge < -0.3 is 4.90 Å². The first-order valence-electron chi connectivity index (χ1n) is 7.22. The van der Waals surface area contributed by atoms with Crippen molar-refractivity contribution in [2.75, 3.05) is 18.8 Å². The van der Waals surface area contributed by atoms with E-state index >= 15 is 0 Å². The number of nitriles is 2. The molecular formula is C17H21N3OS. The highest BCUT2D eigenvalue weighted by atomic mass is 32.2. The summed E-state index contributed by atoms with van der Waals surface area (Å²) < 4.78 is 0. The van der Waals surface area contributed by atoms with Crippen molar-refractivity contribution in [1.82, 2.24) is 4.90 Å². The minimum Gasteiger partial charge on any atom is -0.340 e. The van der Waals surface area contributed by atoms with Gasteiger partial charge in [0.05, 0.1) is 30.7 Å². The number of amides is 1. The fraction of sp³-hybridized carbons (Fsp3) is 0.471. The molecule has 0 aliphatic rings. The van der Waals surface area contributed by atoms with Crippen molar-refractivity contribution < 1.29 is 4.79 Å².